The Bertz CT molecular complexity index is 518. The molecule has 0 aliphatic heterocycles. The van der Waals surface area contributed by atoms with E-state index in [9.17, 15) is 4.79 Å². The van der Waals surface area contributed by atoms with Crippen molar-refractivity contribution in [1.82, 2.24) is 4.90 Å². The molecule has 2 aromatic heterocycles. The molecule has 0 spiro atoms. The molecule has 0 bridgehead atoms. The van der Waals surface area contributed by atoms with E-state index in [1.807, 2.05) is 25.4 Å². The van der Waals surface area contributed by atoms with E-state index in [1.165, 1.54) is 10.9 Å². The van der Waals surface area contributed by atoms with Crippen LogP contribution in [0.2, 0.25) is 0 Å². The summed E-state index contributed by atoms with van der Waals surface area (Å²) in [5, 5.41) is 10.9. The summed E-state index contributed by atoms with van der Waals surface area (Å²) in [5.74, 6) is -0.373. The molecule has 2 rings (SSSR count). The topological polar surface area (TPSA) is 53.7 Å². The second-order valence-corrected chi connectivity index (χ2v) is 5.21. The number of aromatic carboxylic acids is 1. The number of thiophene rings is 1. The zero-order valence-electron chi connectivity index (χ0n) is 10.3. The highest BCUT2D eigenvalue weighted by molar-refractivity contribution is 7.09. The summed E-state index contributed by atoms with van der Waals surface area (Å²) in [6, 6.07) is 7.36. The van der Waals surface area contributed by atoms with E-state index in [-0.39, 0.29) is 11.8 Å². The predicted molar refractivity (Wildman–Crippen MR) is 69.9 cm³/mol. The van der Waals surface area contributed by atoms with Gasteiger partial charge in [0, 0.05) is 11.4 Å². The molecular formula is C13H15NO3S. The summed E-state index contributed by atoms with van der Waals surface area (Å²) in [6.07, 6.45) is 0. The van der Waals surface area contributed by atoms with E-state index < -0.39 is 5.97 Å². The molecule has 0 radical (unpaired) electrons. The van der Waals surface area contributed by atoms with Crippen LogP contribution in [0.5, 0.6) is 0 Å². The van der Waals surface area contributed by atoms with Crippen LogP contribution in [-0.2, 0) is 6.54 Å². The molecule has 1 atom stereocenters. The SMILES string of the molecule is CC(c1ccc(C(=O)O)o1)N(C)Cc1cccs1. The number of furan rings is 1. The van der Waals surface area contributed by atoms with Crippen LogP contribution in [0.3, 0.4) is 0 Å². The molecule has 5 heteroatoms. The molecule has 0 saturated carbocycles. The Labute approximate surface area is 109 Å². The first kappa shape index (κ1) is 12.9. The van der Waals surface area contributed by atoms with Gasteiger partial charge in [0.25, 0.3) is 0 Å². The Hall–Kier alpha value is -1.59. The van der Waals surface area contributed by atoms with E-state index in [1.54, 1.807) is 17.4 Å². The van der Waals surface area contributed by atoms with Crippen molar-refractivity contribution in [2.45, 2.75) is 19.5 Å². The van der Waals surface area contributed by atoms with Crippen molar-refractivity contribution in [3.63, 3.8) is 0 Å². The summed E-state index contributed by atoms with van der Waals surface area (Å²) >= 11 is 1.71. The molecule has 0 amide bonds. The second kappa shape index (κ2) is 5.37. The van der Waals surface area contributed by atoms with Crippen LogP contribution >= 0.6 is 11.3 Å². The zero-order valence-corrected chi connectivity index (χ0v) is 11.1. The number of rotatable bonds is 5. The first-order valence-corrected chi connectivity index (χ1v) is 6.51. The van der Waals surface area contributed by atoms with Gasteiger partial charge in [-0.3, -0.25) is 4.90 Å². The lowest BCUT2D eigenvalue weighted by Gasteiger charge is -2.22. The van der Waals surface area contributed by atoms with Crippen molar-refractivity contribution in [3.05, 3.63) is 46.0 Å². The fourth-order valence-corrected chi connectivity index (χ4v) is 2.46. The van der Waals surface area contributed by atoms with E-state index in [2.05, 4.69) is 11.0 Å². The normalized spacial score (nSPS) is 12.8. The highest BCUT2D eigenvalue weighted by atomic mass is 32.1. The van der Waals surface area contributed by atoms with Crippen LogP contribution in [0.4, 0.5) is 0 Å². The molecule has 1 N–H and O–H groups in total. The second-order valence-electron chi connectivity index (χ2n) is 4.18. The van der Waals surface area contributed by atoms with E-state index >= 15 is 0 Å². The van der Waals surface area contributed by atoms with Gasteiger partial charge in [-0.15, -0.1) is 11.3 Å². The number of carbonyl (C=O) groups is 1. The van der Waals surface area contributed by atoms with Crippen molar-refractivity contribution in [2.24, 2.45) is 0 Å². The van der Waals surface area contributed by atoms with Gasteiger partial charge in [0.1, 0.15) is 5.76 Å². The Morgan fingerprint density at radius 1 is 1.50 bits per heavy atom. The molecule has 18 heavy (non-hydrogen) atoms. The van der Waals surface area contributed by atoms with Crippen molar-refractivity contribution in [3.8, 4) is 0 Å². The summed E-state index contributed by atoms with van der Waals surface area (Å²) in [4.78, 5) is 14.2. The van der Waals surface area contributed by atoms with Gasteiger partial charge in [0.15, 0.2) is 0 Å². The van der Waals surface area contributed by atoms with Crippen LogP contribution in [0.25, 0.3) is 0 Å². The van der Waals surface area contributed by atoms with Crippen molar-refractivity contribution < 1.29 is 14.3 Å². The molecule has 1 unspecified atom stereocenters. The fourth-order valence-electron chi connectivity index (χ4n) is 1.69. The first-order chi connectivity index (χ1) is 8.58. The maximum Gasteiger partial charge on any atom is 0.371 e. The van der Waals surface area contributed by atoms with Gasteiger partial charge in [-0.2, -0.15) is 0 Å². The van der Waals surface area contributed by atoms with Crippen LogP contribution in [0, 0.1) is 0 Å². The van der Waals surface area contributed by atoms with Crippen LogP contribution in [0.15, 0.2) is 34.1 Å². The van der Waals surface area contributed by atoms with Crippen LogP contribution in [0.1, 0.15) is 34.2 Å². The molecule has 0 fully saturated rings. The number of carboxylic acids is 1. The largest absolute Gasteiger partial charge is 0.475 e. The molecule has 2 aromatic rings. The smallest absolute Gasteiger partial charge is 0.371 e. The average molecular weight is 265 g/mol. The minimum absolute atomic E-state index is 0.0126. The number of hydrogen-bond donors (Lipinski definition) is 1. The lowest BCUT2D eigenvalue weighted by Crippen LogP contribution is -2.21. The minimum atomic E-state index is -1.03. The average Bonchev–Trinajstić information content (AvgIpc) is 2.98. The Balaban J connectivity index is 2.05. The first-order valence-electron chi connectivity index (χ1n) is 5.63. The number of nitrogens with zero attached hydrogens (tertiary/aromatic N) is 1. The molecule has 0 aromatic carbocycles. The van der Waals surface area contributed by atoms with Gasteiger partial charge >= 0.3 is 5.97 Å². The van der Waals surface area contributed by atoms with E-state index in [0.717, 1.165) is 6.54 Å². The summed E-state index contributed by atoms with van der Waals surface area (Å²) < 4.78 is 5.31. The standard InChI is InChI=1S/C13H15NO3S/c1-9(11-5-6-12(17-11)13(15)16)14(2)8-10-4-3-7-18-10/h3-7,9H,8H2,1-2H3,(H,15,16). The molecule has 0 aliphatic rings. The molecule has 2 heterocycles. The van der Waals surface area contributed by atoms with Crippen molar-refractivity contribution in [1.29, 1.82) is 0 Å². The lowest BCUT2D eigenvalue weighted by molar-refractivity contribution is 0.0656. The van der Waals surface area contributed by atoms with E-state index in [0.29, 0.717) is 5.76 Å². The molecule has 4 nitrogen and oxygen atoms in total. The highest BCUT2D eigenvalue weighted by Crippen LogP contribution is 2.24. The maximum absolute atomic E-state index is 10.8. The van der Waals surface area contributed by atoms with Gasteiger partial charge < -0.3 is 9.52 Å². The maximum atomic E-state index is 10.8. The Morgan fingerprint density at radius 3 is 2.83 bits per heavy atom. The minimum Gasteiger partial charge on any atom is -0.475 e. The quantitative estimate of drug-likeness (QED) is 0.901. The van der Waals surface area contributed by atoms with Crippen molar-refractivity contribution in [2.75, 3.05) is 7.05 Å². The van der Waals surface area contributed by atoms with Crippen LogP contribution < -0.4 is 0 Å². The van der Waals surface area contributed by atoms with Crippen molar-refractivity contribution >= 4 is 17.3 Å². The van der Waals surface area contributed by atoms with Gasteiger partial charge in [-0.25, -0.2) is 4.79 Å². The number of hydrogen-bond acceptors (Lipinski definition) is 4. The molecular weight excluding hydrogens is 250 g/mol. The predicted octanol–water partition coefficient (Wildman–Crippen LogP) is 3.23. The highest BCUT2D eigenvalue weighted by Gasteiger charge is 2.18. The van der Waals surface area contributed by atoms with Gasteiger partial charge in [-0.05, 0) is 37.6 Å². The van der Waals surface area contributed by atoms with E-state index in [4.69, 9.17) is 9.52 Å². The number of carboxylic acid groups (broad SMARTS) is 1. The summed E-state index contributed by atoms with van der Waals surface area (Å²) in [5.41, 5.74) is 0. The fraction of sp³-hybridized carbons (Fsp3) is 0.308. The third-order valence-electron chi connectivity index (χ3n) is 2.90. The molecule has 0 saturated heterocycles. The Kier molecular flexibility index (Phi) is 3.84. The van der Waals surface area contributed by atoms with Gasteiger partial charge in [0.2, 0.25) is 5.76 Å². The molecule has 96 valence electrons. The summed E-state index contributed by atoms with van der Waals surface area (Å²) in [7, 11) is 1.99. The summed E-state index contributed by atoms with van der Waals surface area (Å²) in [6.45, 7) is 2.82. The van der Waals surface area contributed by atoms with Gasteiger partial charge in [-0.1, -0.05) is 6.07 Å². The monoisotopic (exact) mass is 265 g/mol. The third kappa shape index (κ3) is 2.80. The van der Waals surface area contributed by atoms with Gasteiger partial charge in [0.05, 0.1) is 6.04 Å². The zero-order chi connectivity index (χ0) is 13.1. The third-order valence-corrected chi connectivity index (χ3v) is 3.76. The Morgan fingerprint density at radius 2 is 2.28 bits per heavy atom. The molecule has 0 aliphatic carbocycles. The lowest BCUT2D eigenvalue weighted by atomic mass is 10.2. The van der Waals surface area contributed by atoms with Crippen LogP contribution in [-0.4, -0.2) is 23.0 Å².